The van der Waals surface area contributed by atoms with Gasteiger partial charge in [0.1, 0.15) is 0 Å². The summed E-state index contributed by atoms with van der Waals surface area (Å²) in [6, 6.07) is 15.3. The molecule has 2 amide bonds. The Morgan fingerprint density at radius 2 is 1.84 bits per heavy atom. The molecule has 5 nitrogen and oxygen atoms in total. The van der Waals surface area contributed by atoms with Gasteiger partial charge in [0.15, 0.2) is 0 Å². The van der Waals surface area contributed by atoms with E-state index in [1.807, 2.05) is 30.3 Å². The zero-order valence-electron chi connectivity index (χ0n) is 13.9. The molecule has 0 unspecified atom stereocenters. The van der Waals surface area contributed by atoms with Crippen LogP contribution in [0, 0.1) is 0 Å². The van der Waals surface area contributed by atoms with Crippen LogP contribution in [-0.4, -0.2) is 23.3 Å². The van der Waals surface area contributed by atoms with E-state index in [1.54, 1.807) is 23.5 Å². The molecule has 0 aliphatic heterocycles. The second-order valence-electron chi connectivity index (χ2n) is 5.73. The van der Waals surface area contributed by atoms with Crippen molar-refractivity contribution in [1.82, 2.24) is 10.3 Å². The molecule has 1 aromatic heterocycles. The minimum absolute atomic E-state index is 0.0200. The Labute approximate surface area is 150 Å². The number of carbonyl (C=O) groups is 2. The molecule has 0 aliphatic rings. The highest BCUT2D eigenvalue weighted by atomic mass is 32.1. The normalized spacial score (nSPS) is 10.6. The van der Waals surface area contributed by atoms with Crippen LogP contribution in [0.1, 0.15) is 17.5 Å². The lowest BCUT2D eigenvalue weighted by atomic mass is 10.1. The van der Waals surface area contributed by atoms with E-state index in [4.69, 9.17) is 0 Å². The smallest absolute Gasteiger partial charge is 0.224 e. The number of fused-ring (bicyclic) bond motifs is 1. The third kappa shape index (κ3) is 4.87. The van der Waals surface area contributed by atoms with Crippen molar-refractivity contribution in [3.05, 3.63) is 59.1 Å². The molecule has 2 aromatic carbocycles. The summed E-state index contributed by atoms with van der Waals surface area (Å²) in [4.78, 5) is 27.6. The van der Waals surface area contributed by atoms with Crippen LogP contribution in [0.5, 0.6) is 0 Å². The molecule has 1 heterocycles. The Hall–Kier alpha value is -2.73. The van der Waals surface area contributed by atoms with E-state index < -0.39 is 0 Å². The molecule has 128 valence electrons. The number of hydrogen-bond acceptors (Lipinski definition) is 4. The molecule has 3 rings (SSSR count). The topological polar surface area (TPSA) is 71.1 Å². The summed E-state index contributed by atoms with van der Waals surface area (Å²) in [5.74, 6) is -0.131. The van der Waals surface area contributed by atoms with Crippen molar-refractivity contribution < 1.29 is 9.59 Å². The largest absolute Gasteiger partial charge is 0.355 e. The van der Waals surface area contributed by atoms with Gasteiger partial charge in [0.05, 0.1) is 21.6 Å². The molecule has 0 atom stereocenters. The molecule has 0 spiro atoms. The maximum absolute atomic E-state index is 12.0. The van der Waals surface area contributed by atoms with Crippen molar-refractivity contribution in [1.29, 1.82) is 0 Å². The summed E-state index contributed by atoms with van der Waals surface area (Å²) in [5, 5.41) is 6.66. The maximum Gasteiger partial charge on any atom is 0.224 e. The molecule has 2 N–H and O–H groups in total. The van der Waals surface area contributed by atoms with E-state index in [-0.39, 0.29) is 11.8 Å². The van der Waals surface area contributed by atoms with Crippen molar-refractivity contribution in [3.8, 4) is 0 Å². The number of rotatable bonds is 6. The van der Waals surface area contributed by atoms with Gasteiger partial charge in [-0.2, -0.15) is 0 Å². The number of benzene rings is 2. The summed E-state index contributed by atoms with van der Waals surface area (Å²) in [6.07, 6.45) is 1.05. The van der Waals surface area contributed by atoms with Gasteiger partial charge in [0.2, 0.25) is 11.8 Å². The second-order valence-corrected chi connectivity index (χ2v) is 6.85. The number of aromatic nitrogens is 1. The number of nitrogens with one attached hydrogen (secondary N) is 2. The summed E-state index contributed by atoms with van der Waals surface area (Å²) in [6.45, 7) is 2.04. The number of carbonyl (C=O) groups excluding carboxylic acids is 2. The van der Waals surface area contributed by atoms with Crippen LogP contribution in [0.25, 0.3) is 10.2 Å². The molecule has 0 aliphatic carbocycles. The van der Waals surface area contributed by atoms with Gasteiger partial charge in [0.25, 0.3) is 0 Å². The fourth-order valence-corrected chi connectivity index (χ4v) is 3.46. The zero-order chi connectivity index (χ0) is 17.6. The van der Waals surface area contributed by atoms with Gasteiger partial charge >= 0.3 is 0 Å². The molecular formula is C19H19N3O2S. The lowest BCUT2D eigenvalue weighted by Gasteiger charge is -2.06. The molecule has 6 heteroatoms. The number of thiazole rings is 1. The Morgan fingerprint density at radius 1 is 1.08 bits per heavy atom. The van der Waals surface area contributed by atoms with Gasteiger partial charge < -0.3 is 10.6 Å². The van der Waals surface area contributed by atoms with Crippen LogP contribution < -0.4 is 10.6 Å². The standard InChI is InChI=1S/C19H19N3O2S/c1-13(23)21-15-8-6-14(7-9-15)12-18(24)20-11-10-19-22-16-4-2-3-5-17(16)25-19/h2-9H,10-12H2,1H3,(H,20,24)(H,21,23). The highest BCUT2D eigenvalue weighted by Crippen LogP contribution is 2.21. The number of hydrogen-bond donors (Lipinski definition) is 2. The number of amides is 2. The fourth-order valence-electron chi connectivity index (χ4n) is 2.49. The first-order valence-corrected chi connectivity index (χ1v) is 8.89. The quantitative estimate of drug-likeness (QED) is 0.715. The van der Waals surface area contributed by atoms with Crippen molar-refractivity contribution in [2.24, 2.45) is 0 Å². The van der Waals surface area contributed by atoms with E-state index >= 15 is 0 Å². The van der Waals surface area contributed by atoms with Crippen LogP contribution in [0.4, 0.5) is 5.69 Å². The first-order chi connectivity index (χ1) is 12.1. The van der Waals surface area contributed by atoms with E-state index in [2.05, 4.69) is 21.7 Å². The maximum atomic E-state index is 12.0. The third-order valence-corrected chi connectivity index (χ3v) is 4.73. The SMILES string of the molecule is CC(=O)Nc1ccc(CC(=O)NCCc2nc3ccccc3s2)cc1. The Morgan fingerprint density at radius 3 is 2.56 bits per heavy atom. The molecule has 0 saturated carbocycles. The highest BCUT2D eigenvalue weighted by molar-refractivity contribution is 7.18. The number of para-hydroxylation sites is 1. The predicted octanol–water partition coefficient (Wildman–Crippen LogP) is 3.16. The molecular weight excluding hydrogens is 334 g/mol. The van der Waals surface area contributed by atoms with Crippen LogP contribution in [0.3, 0.4) is 0 Å². The first kappa shape index (κ1) is 17.1. The molecule has 0 saturated heterocycles. The van der Waals surface area contributed by atoms with Gasteiger partial charge in [0, 0.05) is 25.6 Å². The minimum Gasteiger partial charge on any atom is -0.355 e. The summed E-state index contributed by atoms with van der Waals surface area (Å²) in [5.41, 5.74) is 2.65. The van der Waals surface area contributed by atoms with Gasteiger partial charge in [-0.05, 0) is 29.8 Å². The third-order valence-electron chi connectivity index (χ3n) is 3.64. The van der Waals surface area contributed by atoms with Gasteiger partial charge in [-0.15, -0.1) is 11.3 Å². The zero-order valence-corrected chi connectivity index (χ0v) is 14.7. The minimum atomic E-state index is -0.111. The molecule has 0 fully saturated rings. The fraction of sp³-hybridized carbons (Fsp3) is 0.211. The summed E-state index contributed by atoms with van der Waals surface area (Å²) in [7, 11) is 0. The van der Waals surface area contributed by atoms with E-state index in [9.17, 15) is 9.59 Å². The Kier molecular flexibility index (Phi) is 5.40. The van der Waals surface area contributed by atoms with Gasteiger partial charge in [-0.1, -0.05) is 24.3 Å². The van der Waals surface area contributed by atoms with E-state index in [1.165, 1.54) is 11.6 Å². The molecule has 0 bridgehead atoms. The number of anilines is 1. The van der Waals surface area contributed by atoms with Gasteiger partial charge in [-0.3, -0.25) is 9.59 Å². The second kappa shape index (κ2) is 7.90. The summed E-state index contributed by atoms with van der Waals surface area (Å²) >= 11 is 1.66. The number of nitrogens with zero attached hydrogens (tertiary/aromatic N) is 1. The molecule has 3 aromatic rings. The Balaban J connectivity index is 1.46. The average Bonchev–Trinajstić information content (AvgIpc) is 2.99. The monoisotopic (exact) mass is 353 g/mol. The van der Waals surface area contributed by atoms with E-state index in [0.29, 0.717) is 13.0 Å². The predicted molar refractivity (Wildman–Crippen MR) is 101 cm³/mol. The molecule has 25 heavy (non-hydrogen) atoms. The van der Waals surface area contributed by atoms with Crippen molar-refractivity contribution in [3.63, 3.8) is 0 Å². The van der Waals surface area contributed by atoms with Crippen molar-refractivity contribution >= 4 is 39.1 Å². The van der Waals surface area contributed by atoms with Crippen molar-refractivity contribution in [2.75, 3.05) is 11.9 Å². The highest BCUT2D eigenvalue weighted by Gasteiger charge is 2.06. The average molecular weight is 353 g/mol. The van der Waals surface area contributed by atoms with Crippen LogP contribution in [-0.2, 0) is 22.4 Å². The van der Waals surface area contributed by atoms with Crippen LogP contribution >= 0.6 is 11.3 Å². The lowest BCUT2D eigenvalue weighted by molar-refractivity contribution is -0.120. The summed E-state index contributed by atoms with van der Waals surface area (Å²) < 4.78 is 1.17. The Bertz CT molecular complexity index is 854. The van der Waals surface area contributed by atoms with E-state index in [0.717, 1.165) is 28.2 Å². The van der Waals surface area contributed by atoms with Gasteiger partial charge in [-0.25, -0.2) is 4.98 Å². The molecule has 0 radical (unpaired) electrons. The van der Waals surface area contributed by atoms with Crippen LogP contribution in [0.2, 0.25) is 0 Å². The van der Waals surface area contributed by atoms with Crippen LogP contribution in [0.15, 0.2) is 48.5 Å². The first-order valence-electron chi connectivity index (χ1n) is 8.08. The van der Waals surface area contributed by atoms with Crippen molar-refractivity contribution in [2.45, 2.75) is 19.8 Å². The lowest BCUT2D eigenvalue weighted by Crippen LogP contribution is -2.27.